The first kappa shape index (κ1) is 24.2. The predicted molar refractivity (Wildman–Crippen MR) is 125 cm³/mol. The molecular formula is C25H30FN3O4. The fraction of sp³-hybridized carbons (Fsp3) is 0.400. The maximum Gasteiger partial charge on any atom is 0.407 e. The number of fused-ring (bicyclic) bond motifs is 1. The van der Waals surface area contributed by atoms with Crippen molar-refractivity contribution in [3.63, 3.8) is 0 Å². The number of hydrogen-bond acceptors (Lipinski definition) is 4. The summed E-state index contributed by atoms with van der Waals surface area (Å²) in [5.74, 6) is -0.775. The van der Waals surface area contributed by atoms with E-state index in [0.717, 1.165) is 24.1 Å². The minimum atomic E-state index is -0.568. The summed E-state index contributed by atoms with van der Waals surface area (Å²) in [5, 5.41) is 5.55. The van der Waals surface area contributed by atoms with E-state index < -0.39 is 17.5 Å². The summed E-state index contributed by atoms with van der Waals surface area (Å²) < 4.78 is 18.3. The monoisotopic (exact) mass is 455 g/mol. The Morgan fingerprint density at radius 1 is 1.09 bits per heavy atom. The van der Waals surface area contributed by atoms with Crippen LogP contribution in [0.15, 0.2) is 42.5 Å². The number of nitrogens with zero attached hydrogens (tertiary/aromatic N) is 1. The van der Waals surface area contributed by atoms with Gasteiger partial charge in [0, 0.05) is 36.4 Å². The molecule has 33 heavy (non-hydrogen) atoms. The molecule has 7 nitrogen and oxygen atoms in total. The Labute approximate surface area is 193 Å². The minimum absolute atomic E-state index is 0.0380. The number of ether oxygens (including phenoxy) is 1. The number of amides is 3. The van der Waals surface area contributed by atoms with Gasteiger partial charge in [0.15, 0.2) is 0 Å². The van der Waals surface area contributed by atoms with Crippen LogP contribution >= 0.6 is 0 Å². The van der Waals surface area contributed by atoms with E-state index >= 15 is 0 Å². The van der Waals surface area contributed by atoms with Crippen LogP contribution in [0.1, 0.15) is 56.0 Å². The van der Waals surface area contributed by atoms with Gasteiger partial charge in [-0.1, -0.05) is 6.07 Å². The number of carbonyl (C=O) groups excluding carboxylic acids is 3. The molecule has 0 bridgehead atoms. The molecule has 1 aliphatic heterocycles. The van der Waals surface area contributed by atoms with Crippen LogP contribution < -0.4 is 15.5 Å². The molecule has 0 aliphatic carbocycles. The second-order valence-corrected chi connectivity index (χ2v) is 8.95. The molecule has 2 aromatic rings. The Hall–Kier alpha value is -3.42. The predicted octanol–water partition coefficient (Wildman–Crippen LogP) is 4.66. The lowest BCUT2D eigenvalue weighted by molar-refractivity contribution is -0.118. The van der Waals surface area contributed by atoms with Crippen molar-refractivity contribution in [2.75, 3.05) is 23.3 Å². The summed E-state index contributed by atoms with van der Waals surface area (Å²) >= 11 is 0. The lowest BCUT2D eigenvalue weighted by Gasteiger charge is -2.31. The zero-order valence-corrected chi connectivity index (χ0v) is 19.2. The zero-order valence-electron chi connectivity index (χ0n) is 19.2. The van der Waals surface area contributed by atoms with Crippen LogP contribution in [0.3, 0.4) is 0 Å². The first-order chi connectivity index (χ1) is 15.6. The zero-order chi connectivity index (χ0) is 24.0. The van der Waals surface area contributed by atoms with Gasteiger partial charge in [-0.15, -0.1) is 0 Å². The molecular weight excluding hydrogens is 425 g/mol. The summed E-state index contributed by atoms with van der Waals surface area (Å²) in [6.45, 7) is 6.32. The molecule has 0 spiro atoms. The lowest BCUT2D eigenvalue weighted by Crippen LogP contribution is -2.37. The van der Waals surface area contributed by atoms with Gasteiger partial charge in [-0.2, -0.15) is 0 Å². The number of rotatable bonds is 6. The average Bonchev–Trinajstić information content (AvgIpc) is 2.75. The molecule has 0 saturated heterocycles. The van der Waals surface area contributed by atoms with Crippen LogP contribution in [0.4, 0.5) is 20.6 Å². The molecule has 2 aromatic carbocycles. The average molecular weight is 456 g/mol. The topological polar surface area (TPSA) is 87.7 Å². The van der Waals surface area contributed by atoms with Gasteiger partial charge in [0.05, 0.1) is 0 Å². The standard InChI is InChI=1S/C25H30FN3O4/c1-25(2,3)33-24(32)27-15-5-10-22(30)29-16-6-7-19-20(8-4-9-21(19)29)28-23(31)17-11-13-18(26)14-12-17/h4,8-9,11-14H,5-7,10,15-16H2,1-3H3,(H,27,32)(H,28,31). The number of carbonyl (C=O) groups is 3. The first-order valence-electron chi connectivity index (χ1n) is 11.1. The van der Waals surface area contributed by atoms with E-state index in [1.54, 1.807) is 37.8 Å². The molecule has 176 valence electrons. The Morgan fingerprint density at radius 3 is 2.52 bits per heavy atom. The molecule has 3 rings (SSSR count). The summed E-state index contributed by atoms with van der Waals surface area (Å²) in [6, 6.07) is 10.8. The molecule has 3 amide bonds. The van der Waals surface area contributed by atoms with Crippen LogP contribution in [-0.2, 0) is 16.0 Å². The van der Waals surface area contributed by atoms with E-state index in [0.29, 0.717) is 30.8 Å². The lowest BCUT2D eigenvalue weighted by atomic mass is 9.98. The molecule has 2 N–H and O–H groups in total. The van der Waals surface area contributed by atoms with Gasteiger partial charge in [-0.05, 0) is 82.0 Å². The third-order valence-electron chi connectivity index (χ3n) is 5.14. The molecule has 8 heteroatoms. The minimum Gasteiger partial charge on any atom is -0.444 e. The molecule has 0 aromatic heterocycles. The smallest absolute Gasteiger partial charge is 0.407 e. The van der Waals surface area contributed by atoms with E-state index in [9.17, 15) is 18.8 Å². The molecule has 1 aliphatic rings. The van der Waals surface area contributed by atoms with Crippen molar-refractivity contribution in [2.45, 2.75) is 52.1 Å². The van der Waals surface area contributed by atoms with Gasteiger partial charge in [-0.25, -0.2) is 9.18 Å². The Balaban J connectivity index is 1.61. The molecule has 0 saturated carbocycles. The number of benzene rings is 2. The quantitative estimate of drug-likeness (QED) is 0.620. The van der Waals surface area contributed by atoms with Gasteiger partial charge >= 0.3 is 6.09 Å². The number of halogens is 1. The molecule has 0 fully saturated rings. The number of nitrogens with one attached hydrogen (secondary N) is 2. The second-order valence-electron chi connectivity index (χ2n) is 8.95. The number of alkyl carbamates (subject to hydrolysis) is 1. The van der Waals surface area contributed by atoms with Crippen LogP contribution in [-0.4, -0.2) is 36.6 Å². The Morgan fingerprint density at radius 2 is 1.82 bits per heavy atom. The van der Waals surface area contributed by atoms with Gasteiger partial charge in [-0.3, -0.25) is 9.59 Å². The number of anilines is 2. The van der Waals surface area contributed by atoms with Crippen LogP contribution in [0.5, 0.6) is 0 Å². The number of hydrogen-bond donors (Lipinski definition) is 2. The molecule has 0 unspecified atom stereocenters. The SMILES string of the molecule is CC(C)(C)OC(=O)NCCCC(=O)N1CCCc2c(NC(=O)c3ccc(F)cc3)cccc21. The van der Waals surface area contributed by atoms with Crippen LogP contribution in [0, 0.1) is 5.82 Å². The van der Waals surface area contributed by atoms with E-state index in [1.165, 1.54) is 24.3 Å². The summed E-state index contributed by atoms with van der Waals surface area (Å²) in [7, 11) is 0. The van der Waals surface area contributed by atoms with Crippen LogP contribution in [0.2, 0.25) is 0 Å². The maximum absolute atomic E-state index is 13.1. The normalized spacial score (nSPS) is 13.2. The Kier molecular flexibility index (Phi) is 7.68. The van der Waals surface area contributed by atoms with E-state index in [4.69, 9.17) is 4.74 Å². The summed E-state index contributed by atoms with van der Waals surface area (Å²) in [6.07, 6.45) is 1.78. The fourth-order valence-corrected chi connectivity index (χ4v) is 3.68. The Bertz CT molecular complexity index is 1020. The van der Waals surface area contributed by atoms with E-state index in [1.807, 2.05) is 6.07 Å². The maximum atomic E-state index is 13.1. The largest absolute Gasteiger partial charge is 0.444 e. The van der Waals surface area contributed by atoms with Crippen molar-refractivity contribution in [2.24, 2.45) is 0 Å². The van der Waals surface area contributed by atoms with Gasteiger partial charge in [0.2, 0.25) is 5.91 Å². The van der Waals surface area contributed by atoms with E-state index in [2.05, 4.69) is 10.6 Å². The highest BCUT2D eigenvalue weighted by Gasteiger charge is 2.25. The highest BCUT2D eigenvalue weighted by molar-refractivity contribution is 6.05. The van der Waals surface area contributed by atoms with Crippen LogP contribution in [0.25, 0.3) is 0 Å². The molecule has 0 atom stereocenters. The third kappa shape index (κ3) is 6.78. The fourth-order valence-electron chi connectivity index (χ4n) is 3.68. The summed E-state index contributed by atoms with van der Waals surface area (Å²) in [5.41, 5.74) is 2.12. The highest BCUT2D eigenvalue weighted by atomic mass is 19.1. The highest BCUT2D eigenvalue weighted by Crippen LogP contribution is 2.33. The van der Waals surface area contributed by atoms with Crippen molar-refractivity contribution in [3.05, 3.63) is 59.4 Å². The second kappa shape index (κ2) is 10.5. The van der Waals surface area contributed by atoms with Crippen molar-refractivity contribution >= 4 is 29.3 Å². The van der Waals surface area contributed by atoms with Gasteiger partial charge in [0.1, 0.15) is 11.4 Å². The van der Waals surface area contributed by atoms with Crippen molar-refractivity contribution < 1.29 is 23.5 Å². The van der Waals surface area contributed by atoms with Crippen molar-refractivity contribution in [3.8, 4) is 0 Å². The molecule has 1 heterocycles. The third-order valence-corrected chi connectivity index (χ3v) is 5.14. The summed E-state index contributed by atoms with van der Waals surface area (Å²) in [4.78, 5) is 38.9. The van der Waals surface area contributed by atoms with E-state index in [-0.39, 0.29) is 18.2 Å². The molecule has 0 radical (unpaired) electrons. The first-order valence-corrected chi connectivity index (χ1v) is 11.1. The van der Waals surface area contributed by atoms with Gasteiger partial charge < -0.3 is 20.3 Å². The van der Waals surface area contributed by atoms with Crippen molar-refractivity contribution in [1.29, 1.82) is 0 Å². The van der Waals surface area contributed by atoms with Gasteiger partial charge in [0.25, 0.3) is 5.91 Å². The van der Waals surface area contributed by atoms with Crippen molar-refractivity contribution in [1.82, 2.24) is 5.32 Å².